The van der Waals surface area contributed by atoms with Crippen LogP contribution in [0, 0.1) is 5.92 Å². The van der Waals surface area contributed by atoms with Crippen LogP contribution in [0.3, 0.4) is 0 Å². The van der Waals surface area contributed by atoms with E-state index in [9.17, 15) is 0 Å². The largest absolute Gasteiger partial charge is 0.424 e. The van der Waals surface area contributed by atoms with Crippen LogP contribution in [0.4, 0.5) is 0 Å². The third-order valence-electron chi connectivity index (χ3n) is 3.98. The first-order valence-corrected chi connectivity index (χ1v) is 7.62. The molecular formula is C15H23N5O. The van der Waals surface area contributed by atoms with Crippen molar-refractivity contribution < 1.29 is 4.42 Å². The molecule has 3 heterocycles. The molecule has 0 aromatic carbocycles. The Morgan fingerprint density at radius 3 is 3.05 bits per heavy atom. The average molecular weight is 289 g/mol. The zero-order valence-corrected chi connectivity index (χ0v) is 13.0. The van der Waals surface area contributed by atoms with Crippen LogP contribution in [0.1, 0.15) is 43.8 Å². The highest BCUT2D eigenvalue weighted by Crippen LogP contribution is 2.20. The molecule has 0 fully saturated rings. The summed E-state index contributed by atoms with van der Waals surface area (Å²) < 4.78 is 7.94. The van der Waals surface area contributed by atoms with Crippen molar-refractivity contribution in [2.24, 2.45) is 5.92 Å². The monoisotopic (exact) mass is 289 g/mol. The fourth-order valence-electron chi connectivity index (χ4n) is 2.89. The van der Waals surface area contributed by atoms with Gasteiger partial charge in [0.2, 0.25) is 11.8 Å². The number of rotatable bonds is 5. The smallest absolute Gasteiger partial charge is 0.230 e. The summed E-state index contributed by atoms with van der Waals surface area (Å²) in [4.78, 5) is 6.64. The highest BCUT2D eigenvalue weighted by atomic mass is 16.4. The Bertz CT molecular complexity index is 588. The van der Waals surface area contributed by atoms with Crippen molar-refractivity contribution in [3.63, 3.8) is 0 Å². The summed E-state index contributed by atoms with van der Waals surface area (Å²) in [6.45, 7) is 6.93. The Hall–Kier alpha value is -1.69. The summed E-state index contributed by atoms with van der Waals surface area (Å²) in [5, 5.41) is 8.21. The van der Waals surface area contributed by atoms with Crippen molar-refractivity contribution >= 4 is 0 Å². The van der Waals surface area contributed by atoms with Gasteiger partial charge in [0.1, 0.15) is 5.82 Å². The highest BCUT2D eigenvalue weighted by Gasteiger charge is 2.21. The Kier molecular flexibility index (Phi) is 4.05. The van der Waals surface area contributed by atoms with Crippen LogP contribution < -0.4 is 0 Å². The van der Waals surface area contributed by atoms with Gasteiger partial charge in [-0.1, -0.05) is 13.8 Å². The van der Waals surface area contributed by atoms with Crippen LogP contribution in [-0.4, -0.2) is 38.2 Å². The molecule has 1 aliphatic heterocycles. The van der Waals surface area contributed by atoms with Gasteiger partial charge in [-0.2, -0.15) is 0 Å². The first-order valence-electron chi connectivity index (χ1n) is 7.62. The van der Waals surface area contributed by atoms with Crippen molar-refractivity contribution in [3.05, 3.63) is 30.0 Å². The lowest BCUT2D eigenvalue weighted by Crippen LogP contribution is -2.31. The second-order valence-corrected chi connectivity index (χ2v) is 6.29. The van der Waals surface area contributed by atoms with E-state index in [-0.39, 0.29) is 5.92 Å². The number of fused-ring (bicyclic) bond motifs is 1. The van der Waals surface area contributed by atoms with Crippen LogP contribution in [-0.2, 0) is 19.5 Å². The lowest BCUT2D eigenvalue weighted by molar-refractivity contribution is 0.212. The molecule has 2 aromatic heterocycles. The zero-order valence-electron chi connectivity index (χ0n) is 13.0. The third kappa shape index (κ3) is 3.32. The molecule has 114 valence electrons. The van der Waals surface area contributed by atoms with E-state index in [1.807, 2.05) is 6.20 Å². The first-order chi connectivity index (χ1) is 10.1. The van der Waals surface area contributed by atoms with Gasteiger partial charge in [0.25, 0.3) is 0 Å². The Morgan fingerprint density at radius 2 is 2.29 bits per heavy atom. The predicted octanol–water partition coefficient (Wildman–Crippen LogP) is 2.08. The van der Waals surface area contributed by atoms with Crippen molar-refractivity contribution in [3.8, 4) is 0 Å². The Labute approximate surface area is 125 Å². The molecule has 0 N–H and O–H groups in total. The molecule has 0 bridgehead atoms. The van der Waals surface area contributed by atoms with Crippen molar-refractivity contribution in [1.29, 1.82) is 0 Å². The van der Waals surface area contributed by atoms with Crippen LogP contribution in [0.15, 0.2) is 16.8 Å². The molecule has 0 radical (unpaired) electrons. The van der Waals surface area contributed by atoms with Crippen LogP contribution in [0.2, 0.25) is 0 Å². The lowest BCUT2D eigenvalue weighted by atomic mass is 9.99. The average Bonchev–Trinajstić information content (AvgIpc) is 3.06. The van der Waals surface area contributed by atoms with Gasteiger partial charge in [0.05, 0.1) is 6.54 Å². The molecule has 6 heteroatoms. The Balaban J connectivity index is 1.53. The van der Waals surface area contributed by atoms with Crippen molar-refractivity contribution in [2.75, 3.05) is 13.6 Å². The molecule has 0 aliphatic carbocycles. The summed E-state index contributed by atoms with van der Waals surface area (Å²) in [5.74, 6) is 3.59. The van der Waals surface area contributed by atoms with Gasteiger partial charge in [-0.3, -0.25) is 4.90 Å². The lowest BCUT2D eigenvalue weighted by Gasteiger charge is -2.27. The fraction of sp³-hybridized carbons (Fsp3) is 0.667. The molecule has 0 amide bonds. The molecule has 1 atom stereocenters. The molecule has 1 aliphatic rings. The number of nitrogens with zero attached hydrogens (tertiary/aromatic N) is 5. The number of aryl methyl sites for hydroxylation is 1. The first kappa shape index (κ1) is 14.3. The second-order valence-electron chi connectivity index (χ2n) is 6.29. The fourth-order valence-corrected chi connectivity index (χ4v) is 2.89. The summed E-state index contributed by atoms with van der Waals surface area (Å²) in [6.07, 6.45) is 6.24. The van der Waals surface area contributed by atoms with Gasteiger partial charge < -0.3 is 8.98 Å². The minimum absolute atomic E-state index is 0.287. The SMILES string of the molecule is CC(C)c1nnc(CN(C)CC2CCc3nccn3C2)o1. The zero-order chi connectivity index (χ0) is 14.8. The van der Waals surface area contributed by atoms with E-state index in [2.05, 4.69) is 51.7 Å². The highest BCUT2D eigenvalue weighted by molar-refractivity contribution is 4.97. The van der Waals surface area contributed by atoms with Gasteiger partial charge in [0.15, 0.2) is 0 Å². The van der Waals surface area contributed by atoms with E-state index in [0.29, 0.717) is 18.4 Å². The number of imidazole rings is 1. The van der Waals surface area contributed by atoms with E-state index >= 15 is 0 Å². The van der Waals surface area contributed by atoms with Gasteiger partial charge in [-0.05, 0) is 19.4 Å². The van der Waals surface area contributed by atoms with Gasteiger partial charge in [-0.25, -0.2) is 4.98 Å². The molecule has 21 heavy (non-hydrogen) atoms. The Morgan fingerprint density at radius 1 is 1.43 bits per heavy atom. The number of aromatic nitrogens is 4. The van der Waals surface area contributed by atoms with Crippen molar-refractivity contribution in [1.82, 2.24) is 24.6 Å². The molecular weight excluding hydrogens is 266 g/mol. The van der Waals surface area contributed by atoms with E-state index in [1.165, 1.54) is 12.2 Å². The molecule has 3 rings (SSSR count). The van der Waals surface area contributed by atoms with Crippen LogP contribution in [0.5, 0.6) is 0 Å². The van der Waals surface area contributed by atoms with E-state index in [4.69, 9.17) is 4.42 Å². The van der Waals surface area contributed by atoms with Gasteiger partial charge >= 0.3 is 0 Å². The molecule has 6 nitrogen and oxygen atoms in total. The van der Waals surface area contributed by atoms with Gasteiger partial charge in [0, 0.05) is 37.8 Å². The summed E-state index contributed by atoms with van der Waals surface area (Å²) in [7, 11) is 2.11. The maximum Gasteiger partial charge on any atom is 0.230 e. The van der Waals surface area contributed by atoms with Gasteiger partial charge in [-0.15, -0.1) is 10.2 Å². The summed E-state index contributed by atoms with van der Waals surface area (Å²) >= 11 is 0. The predicted molar refractivity (Wildman–Crippen MR) is 78.8 cm³/mol. The maximum atomic E-state index is 5.67. The molecule has 0 saturated heterocycles. The minimum atomic E-state index is 0.287. The number of hydrogen-bond acceptors (Lipinski definition) is 5. The van der Waals surface area contributed by atoms with Crippen LogP contribution in [0.25, 0.3) is 0 Å². The molecule has 0 spiro atoms. The number of hydrogen-bond donors (Lipinski definition) is 0. The van der Waals surface area contributed by atoms with Crippen LogP contribution >= 0.6 is 0 Å². The van der Waals surface area contributed by atoms with E-state index in [0.717, 1.165) is 25.4 Å². The standard InChI is InChI=1S/C15H23N5O/c1-11(2)15-18-17-14(21-15)10-19(3)8-12-4-5-13-16-6-7-20(13)9-12/h6-7,11-12H,4-5,8-10H2,1-3H3. The minimum Gasteiger partial charge on any atom is -0.424 e. The second kappa shape index (κ2) is 5.97. The summed E-state index contributed by atoms with van der Waals surface area (Å²) in [5.41, 5.74) is 0. The summed E-state index contributed by atoms with van der Waals surface area (Å²) in [6, 6.07) is 0. The van der Waals surface area contributed by atoms with E-state index in [1.54, 1.807) is 0 Å². The van der Waals surface area contributed by atoms with Crippen molar-refractivity contribution in [2.45, 2.75) is 45.7 Å². The quantitative estimate of drug-likeness (QED) is 0.843. The third-order valence-corrected chi connectivity index (χ3v) is 3.98. The molecule has 2 aromatic rings. The maximum absolute atomic E-state index is 5.67. The molecule has 0 saturated carbocycles. The molecule has 1 unspecified atom stereocenters. The van der Waals surface area contributed by atoms with E-state index < -0.39 is 0 Å². The topological polar surface area (TPSA) is 60.0 Å². The normalized spacial score (nSPS) is 18.4.